The fraction of sp³-hybridized carbons (Fsp3) is 0.588. The molecule has 0 spiro atoms. The van der Waals surface area contributed by atoms with Crippen LogP contribution in [0.2, 0.25) is 0 Å². The van der Waals surface area contributed by atoms with Gasteiger partial charge in [-0.3, -0.25) is 4.79 Å². The molecule has 1 aromatic carbocycles. The first-order chi connectivity index (χ1) is 10.1. The summed E-state index contributed by atoms with van der Waals surface area (Å²) in [4.78, 5) is 14.5. The second-order valence-electron chi connectivity index (χ2n) is 6.06. The Kier molecular flexibility index (Phi) is 5.62. The number of carbonyl (C=O) groups is 1. The molecule has 116 valence electrons. The fourth-order valence-electron chi connectivity index (χ4n) is 2.64. The minimum atomic E-state index is -0.463. The molecule has 0 radical (unpaired) electrons. The summed E-state index contributed by atoms with van der Waals surface area (Å²) >= 11 is 0. The number of likely N-dealkylation sites (tertiary alicyclic amines) is 1. The molecule has 0 aromatic heterocycles. The maximum atomic E-state index is 12.1. The molecule has 4 heteroatoms. The molecular weight excluding hydrogens is 264 g/mol. The number of rotatable bonds is 6. The fourth-order valence-corrected chi connectivity index (χ4v) is 2.64. The summed E-state index contributed by atoms with van der Waals surface area (Å²) in [5, 5.41) is 3.01. The standard InChI is InChI=1S/C17H26N2O2/c1-13(2)19-10-9-15(12-19)11-18-17(20)14(3)21-16-7-5-4-6-8-16/h4-8,13-15H,9-12H2,1-3H3,(H,18,20)/t14-,15-/m0/s1. The van der Waals surface area contributed by atoms with Crippen molar-refractivity contribution in [3.63, 3.8) is 0 Å². The van der Waals surface area contributed by atoms with Crippen molar-refractivity contribution in [1.82, 2.24) is 10.2 Å². The highest BCUT2D eigenvalue weighted by Crippen LogP contribution is 2.17. The van der Waals surface area contributed by atoms with Gasteiger partial charge in [-0.1, -0.05) is 18.2 Å². The summed E-state index contributed by atoms with van der Waals surface area (Å²) in [6.45, 7) is 9.18. The van der Waals surface area contributed by atoms with Crippen molar-refractivity contribution in [2.45, 2.75) is 39.3 Å². The Morgan fingerprint density at radius 1 is 1.33 bits per heavy atom. The van der Waals surface area contributed by atoms with E-state index in [1.165, 1.54) is 0 Å². The van der Waals surface area contributed by atoms with Crippen LogP contribution in [0.15, 0.2) is 30.3 Å². The highest BCUT2D eigenvalue weighted by Gasteiger charge is 2.25. The van der Waals surface area contributed by atoms with Gasteiger partial charge in [-0.2, -0.15) is 0 Å². The Hall–Kier alpha value is -1.55. The largest absolute Gasteiger partial charge is 0.481 e. The molecule has 0 unspecified atom stereocenters. The molecule has 1 amide bonds. The minimum absolute atomic E-state index is 0.0400. The predicted octanol–water partition coefficient (Wildman–Crippen LogP) is 2.30. The number of para-hydroxylation sites is 1. The second-order valence-corrected chi connectivity index (χ2v) is 6.06. The normalized spacial score (nSPS) is 20.5. The maximum absolute atomic E-state index is 12.1. The summed E-state index contributed by atoms with van der Waals surface area (Å²) in [6.07, 6.45) is 0.696. The number of hydrogen-bond donors (Lipinski definition) is 1. The first-order valence-corrected chi connectivity index (χ1v) is 7.79. The third-order valence-corrected chi connectivity index (χ3v) is 4.04. The smallest absolute Gasteiger partial charge is 0.260 e. The number of nitrogens with zero attached hydrogens (tertiary/aromatic N) is 1. The average molecular weight is 290 g/mol. The molecule has 1 fully saturated rings. The predicted molar refractivity (Wildman–Crippen MR) is 84.4 cm³/mol. The number of hydrogen-bond acceptors (Lipinski definition) is 3. The molecule has 1 N–H and O–H groups in total. The number of nitrogens with one attached hydrogen (secondary N) is 1. The van der Waals surface area contributed by atoms with Gasteiger partial charge in [-0.05, 0) is 51.8 Å². The SMILES string of the molecule is CC(C)N1CC[C@@H](CNC(=O)[C@H](C)Oc2ccccc2)C1. The van der Waals surface area contributed by atoms with E-state index >= 15 is 0 Å². The summed E-state index contributed by atoms with van der Waals surface area (Å²) < 4.78 is 5.63. The second kappa shape index (κ2) is 7.46. The van der Waals surface area contributed by atoms with Gasteiger partial charge < -0.3 is 15.0 Å². The van der Waals surface area contributed by atoms with E-state index in [0.717, 1.165) is 31.8 Å². The lowest BCUT2D eigenvalue weighted by Crippen LogP contribution is -2.39. The summed E-state index contributed by atoms with van der Waals surface area (Å²) in [6, 6.07) is 10.0. The van der Waals surface area contributed by atoms with Gasteiger partial charge in [0.05, 0.1) is 0 Å². The van der Waals surface area contributed by atoms with E-state index in [2.05, 4.69) is 24.1 Å². The van der Waals surface area contributed by atoms with Gasteiger partial charge in [-0.15, -0.1) is 0 Å². The van der Waals surface area contributed by atoms with Crippen molar-refractivity contribution in [1.29, 1.82) is 0 Å². The van der Waals surface area contributed by atoms with Crippen LogP contribution in [-0.4, -0.2) is 42.6 Å². The molecule has 0 aliphatic carbocycles. The quantitative estimate of drug-likeness (QED) is 0.874. The average Bonchev–Trinajstić information content (AvgIpc) is 2.95. The minimum Gasteiger partial charge on any atom is -0.481 e. The molecule has 1 aliphatic heterocycles. The van der Waals surface area contributed by atoms with E-state index < -0.39 is 6.10 Å². The van der Waals surface area contributed by atoms with Gasteiger partial charge in [0.25, 0.3) is 5.91 Å². The molecule has 0 bridgehead atoms. The van der Waals surface area contributed by atoms with Crippen molar-refractivity contribution in [3.8, 4) is 5.75 Å². The summed E-state index contributed by atoms with van der Waals surface area (Å²) in [7, 11) is 0. The maximum Gasteiger partial charge on any atom is 0.260 e. The van der Waals surface area contributed by atoms with E-state index in [1.54, 1.807) is 6.92 Å². The van der Waals surface area contributed by atoms with Crippen LogP contribution >= 0.6 is 0 Å². The van der Waals surface area contributed by atoms with Crippen molar-refractivity contribution in [3.05, 3.63) is 30.3 Å². The highest BCUT2D eigenvalue weighted by atomic mass is 16.5. The number of carbonyl (C=O) groups excluding carboxylic acids is 1. The Labute approximate surface area is 127 Å². The van der Waals surface area contributed by atoms with E-state index in [-0.39, 0.29) is 5.91 Å². The molecule has 4 nitrogen and oxygen atoms in total. The molecular formula is C17H26N2O2. The van der Waals surface area contributed by atoms with Crippen LogP contribution in [-0.2, 0) is 4.79 Å². The monoisotopic (exact) mass is 290 g/mol. The van der Waals surface area contributed by atoms with Crippen LogP contribution in [0.4, 0.5) is 0 Å². The highest BCUT2D eigenvalue weighted by molar-refractivity contribution is 5.80. The van der Waals surface area contributed by atoms with E-state index in [1.807, 2.05) is 30.3 Å². The lowest BCUT2D eigenvalue weighted by molar-refractivity contribution is -0.127. The van der Waals surface area contributed by atoms with Gasteiger partial charge in [0.15, 0.2) is 6.10 Å². The summed E-state index contributed by atoms with van der Waals surface area (Å²) in [5.74, 6) is 1.24. The molecule has 2 atom stereocenters. The zero-order chi connectivity index (χ0) is 15.2. The van der Waals surface area contributed by atoms with Gasteiger partial charge in [-0.25, -0.2) is 0 Å². The molecule has 21 heavy (non-hydrogen) atoms. The van der Waals surface area contributed by atoms with E-state index in [9.17, 15) is 4.79 Å². The van der Waals surface area contributed by atoms with Crippen LogP contribution in [0.3, 0.4) is 0 Å². The van der Waals surface area contributed by atoms with Crippen molar-refractivity contribution in [2.24, 2.45) is 5.92 Å². The molecule has 1 heterocycles. The van der Waals surface area contributed by atoms with E-state index in [0.29, 0.717) is 12.0 Å². The van der Waals surface area contributed by atoms with Gasteiger partial charge >= 0.3 is 0 Å². The first-order valence-electron chi connectivity index (χ1n) is 7.79. The topological polar surface area (TPSA) is 41.6 Å². The Balaban J connectivity index is 1.72. The third kappa shape index (κ3) is 4.74. The number of ether oxygens (including phenoxy) is 1. The van der Waals surface area contributed by atoms with Crippen LogP contribution in [0.5, 0.6) is 5.75 Å². The van der Waals surface area contributed by atoms with Crippen LogP contribution in [0.25, 0.3) is 0 Å². The van der Waals surface area contributed by atoms with Crippen molar-refractivity contribution >= 4 is 5.91 Å². The number of benzene rings is 1. The molecule has 1 saturated heterocycles. The van der Waals surface area contributed by atoms with Crippen LogP contribution in [0, 0.1) is 5.92 Å². The Morgan fingerprint density at radius 3 is 2.67 bits per heavy atom. The lowest BCUT2D eigenvalue weighted by atomic mass is 10.1. The van der Waals surface area contributed by atoms with Crippen molar-refractivity contribution < 1.29 is 9.53 Å². The molecule has 2 rings (SSSR count). The van der Waals surface area contributed by atoms with Gasteiger partial charge in [0, 0.05) is 19.1 Å². The zero-order valence-electron chi connectivity index (χ0n) is 13.2. The lowest BCUT2D eigenvalue weighted by Gasteiger charge is -2.20. The Bertz CT molecular complexity index is 447. The van der Waals surface area contributed by atoms with Gasteiger partial charge in [0.1, 0.15) is 5.75 Å². The zero-order valence-corrected chi connectivity index (χ0v) is 13.2. The molecule has 0 saturated carbocycles. The van der Waals surface area contributed by atoms with Crippen LogP contribution in [0.1, 0.15) is 27.2 Å². The third-order valence-electron chi connectivity index (χ3n) is 4.04. The first kappa shape index (κ1) is 15.8. The van der Waals surface area contributed by atoms with E-state index in [4.69, 9.17) is 4.74 Å². The van der Waals surface area contributed by atoms with Crippen molar-refractivity contribution in [2.75, 3.05) is 19.6 Å². The van der Waals surface area contributed by atoms with Crippen LogP contribution < -0.4 is 10.1 Å². The Morgan fingerprint density at radius 2 is 2.05 bits per heavy atom. The molecule has 1 aromatic rings. The number of amides is 1. The van der Waals surface area contributed by atoms with Gasteiger partial charge in [0.2, 0.25) is 0 Å². The molecule has 1 aliphatic rings. The summed E-state index contributed by atoms with van der Waals surface area (Å²) in [5.41, 5.74) is 0.